The van der Waals surface area contributed by atoms with E-state index in [-0.39, 0.29) is 11.5 Å². The van der Waals surface area contributed by atoms with Gasteiger partial charge in [0.15, 0.2) is 0 Å². The number of hydrogen-bond acceptors (Lipinski definition) is 3. The van der Waals surface area contributed by atoms with Gasteiger partial charge in [0.05, 0.1) is 10.7 Å². The van der Waals surface area contributed by atoms with Gasteiger partial charge in [-0.2, -0.15) is 0 Å². The zero-order valence-electron chi connectivity index (χ0n) is 9.22. The minimum atomic E-state index is -0.212. The molecule has 0 aliphatic heterocycles. The van der Waals surface area contributed by atoms with Gasteiger partial charge in [0, 0.05) is 6.07 Å². The number of para-hydroxylation sites is 1. The number of aromatic nitrogens is 3. The molecule has 0 bridgehead atoms. The molecular formula is C12H9ClN4O. The molecule has 0 unspecified atom stereocenters. The van der Waals surface area contributed by atoms with E-state index in [0.717, 1.165) is 0 Å². The van der Waals surface area contributed by atoms with E-state index in [4.69, 9.17) is 17.3 Å². The molecule has 2 aromatic heterocycles. The molecular weight excluding hydrogens is 252 g/mol. The third-order valence-corrected chi connectivity index (χ3v) is 2.98. The van der Waals surface area contributed by atoms with Crippen molar-refractivity contribution in [2.24, 2.45) is 0 Å². The van der Waals surface area contributed by atoms with Gasteiger partial charge in [0.25, 0.3) is 0 Å². The van der Waals surface area contributed by atoms with Crippen molar-refractivity contribution in [3.05, 3.63) is 51.8 Å². The van der Waals surface area contributed by atoms with Crippen LogP contribution in [0.4, 0.5) is 5.95 Å². The SMILES string of the molecule is Nc1nc2ccc(=O)[nH]c2n1-c1ccccc1Cl. The molecule has 0 amide bonds. The number of nitrogens with zero attached hydrogens (tertiary/aromatic N) is 2. The summed E-state index contributed by atoms with van der Waals surface area (Å²) in [6.45, 7) is 0. The third kappa shape index (κ3) is 1.56. The molecule has 5 nitrogen and oxygen atoms in total. The summed E-state index contributed by atoms with van der Waals surface area (Å²) in [6, 6.07) is 10.3. The smallest absolute Gasteiger partial charge is 0.249 e. The molecule has 3 rings (SSSR count). The number of halogens is 1. The average Bonchev–Trinajstić information content (AvgIpc) is 2.66. The largest absolute Gasteiger partial charge is 0.369 e. The molecule has 3 N–H and O–H groups in total. The van der Waals surface area contributed by atoms with E-state index in [1.165, 1.54) is 6.07 Å². The van der Waals surface area contributed by atoms with E-state index in [9.17, 15) is 4.79 Å². The molecule has 6 heteroatoms. The van der Waals surface area contributed by atoms with Crippen LogP contribution in [0.25, 0.3) is 16.9 Å². The highest BCUT2D eigenvalue weighted by molar-refractivity contribution is 6.32. The molecule has 0 saturated carbocycles. The Labute approximate surface area is 107 Å². The van der Waals surface area contributed by atoms with Gasteiger partial charge in [0.2, 0.25) is 11.5 Å². The van der Waals surface area contributed by atoms with Crippen molar-refractivity contribution < 1.29 is 0 Å². The van der Waals surface area contributed by atoms with Crippen molar-refractivity contribution in [2.75, 3.05) is 5.73 Å². The van der Waals surface area contributed by atoms with Crippen molar-refractivity contribution >= 4 is 28.7 Å². The summed E-state index contributed by atoms with van der Waals surface area (Å²) in [6.07, 6.45) is 0. The first-order valence-electron chi connectivity index (χ1n) is 5.29. The Kier molecular flexibility index (Phi) is 2.34. The Morgan fingerprint density at radius 2 is 2.00 bits per heavy atom. The maximum absolute atomic E-state index is 11.4. The second-order valence-corrected chi connectivity index (χ2v) is 4.22. The predicted octanol–water partition coefficient (Wildman–Crippen LogP) is 1.95. The monoisotopic (exact) mass is 260 g/mol. The first-order chi connectivity index (χ1) is 8.66. The van der Waals surface area contributed by atoms with Gasteiger partial charge in [-0.05, 0) is 18.2 Å². The first-order valence-corrected chi connectivity index (χ1v) is 5.67. The Balaban J connectivity index is 2.42. The number of aromatic amines is 1. The summed E-state index contributed by atoms with van der Waals surface area (Å²) in [7, 11) is 0. The second kappa shape index (κ2) is 3.89. The fourth-order valence-corrected chi connectivity index (χ4v) is 2.10. The number of benzene rings is 1. The summed E-state index contributed by atoms with van der Waals surface area (Å²) in [5.41, 5.74) is 7.50. The van der Waals surface area contributed by atoms with Crippen LogP contribution >= 0.6 is 11.6 Å². The molecule has 0 radical (unpaired) electrons. The van der Waals surface area contributed by atoms with Crippen molar-refractivity contribution in [1.82, 2.24) is 14.5 Å². The molecule has 18 heavy (non-hydrogen) atoms. The standard InChI is InChI=1S/C12H9ClN4O/c13-7-3-1-2-4-9(7)17-11-8(15-12(17)14)5-6-10(18)16-11/h1-6H,(H2,14,15)(H,16,18). The van der Waals surface area contributed by atoms with Crippen LogP contribution in [-0.4, -0.2) is 14.5 Å². The molecule has 90 valence electrons. The molecule has 1 aromatic carbocycles. The van der Waals surface area contributed by atoms with Crippen molar-refractivity contribution in [3.8, 4) is 5.69 Å². The Bertz CT molecular complexity index is 790. The van der Waals surface area contributed by atoms with Crippen LogP contribution in [0.2, 0.25) is 5.02 Å². The number of imidazole rings is 1. The number of fused-ring (bicyclic) bond motifs is 1. The number of nitrogens with one attached hydrogen (secondary N) is 1. The van der Waals surface area contributed by atoms with Gasteiger partial charge in [-0.25, -0.2) is 4.98 Å². The van der Waals surface area contributed by atoms with Crippen LogP contribution in [0.3, 0.4) is 0 Å². The number of anilines is 1. The van der Waals surface area contributed by atoms with Gasteiger partial charge >= 0.3 is 0 Å². The number of hydrogen-bond donors (Lipinski definition) is 2. The number of pyridine rings is 1. The lowest BCUT2D eigenvalue weighted by Crippen LogP contribution is -2.07. The molecule has 3 aromatic rings. The van der Waals surface area contributed by atoms with Crippen LogP contribution in [0.5, 0.6) is 0 Å². The van der Waals surface area contributed by atoms with Crippen LogP contribution in [0, 0.1) is 0 Å². The number of nitrogen functional groups attached to an aromatic ring is 1. The lowest BCUT2D eigenvalue weighted by atomic mass is 10.3. The Morgan fingerprint density at radius 1 is 1.22 bits per heavy atom. The summed E-state index contributed by atoms with van der Waals surface area (Å²) < 4.78 is 1.62. The molecule has 2 heterocycles. The zero-order valence-corrected chi connectivity index (χ0v) is 9.98. The van der Waals surface area contributed by atoms with Gasteiger partial charge in [-0.3, -0.25) is 9.36 Å². The van der Waals surface area contributed by atoms with Crippen molar-refractivity contribution in [2.45, 2.75) is 0 Å². The predicted molar refractivity (Wildman–Crippen MR) is 71.1 cm³/mol. The molecule has 0 atom stereocenters. The van der Waals surface area contributed by atoms with Gasteiger partial charge in [-0.15, -0.1) is 0 Å². The summed E-state index contributed by atoms with van der Waals surface area (Å²) >= 11 is 6.13. The maximum Gasteiger partial charge on any atom is 0.249 e. The highest BCUT2D eigenvalue weighted by atomic mass is 35.5. The second-order valence-electron chi connectivity index (χ2n) is 3.81. The van der Waals surface area contributed by atoms with Crippen LogP contribution in [0.15, 0.2) is 41.2 Å². The van der Waals surface area contributed by atoms with E-state index < -0.39 is 0 Å². The first kappa shape index (κ1) is 10.9. The third-order valence-electron chi connectivity index (χ3n) is 2.66. The van der Waals surface area contributed by atoms with E-state index in [0.29, 0.717) is 21.9 Å². The minimum Gasteiger partial charge on any atom is -0.369 e. The number of nitrogens with two attached hydrogens (primary N) is 1. The van der Waals surface area contributed by atoms with Crippen molar-refractivity contribution in [3.63, 3.8) is 0 Å². The van der Waals surface area contributed by atoms with E-state index in [1.807, 2.05) is 18.2 Å². The molecule has 0 aliphatic carbocycles. The Hall–Kier alpha value is -2.27. The van der Waals surface area contributed by atoms with Gasteiger partial charge in [-0.1, -0.05) is 23.7 Å². The summed E-state index contributed by atoms with van der Waals surface area (Å²) in [5, 5.41) is 0.535. The van der Waals surface area contributed by atoms with Crippen LogP contribution < -0.4 is 11.3 Å². The quantitative estimate of drug-likeness (QED) is 0.702. The normalized spacial score (nSPS) is 10.9. The van der Waals surface area contributed by atoms with E-state index in [2.05, 4.69) is 9.97 Å². The fourth-order valence-electron chi connectivity index (χ4n) is 1.88. The highest BCUT2D eigenvalue weighted by Gasteiger charge is 2.12. The molecule has 0 saturated heterocycles. The zero-order chi connectivity index (χ0) is 12.7. The molecule has 0 fully saturated rings. The summed E-state index contributed by atoms with van der Waals surface area (Å²) in [4.78, 5) is 18.3. The maximum atomic E-state index is 11.4. The van der Waals surface area contributed by atoms with Crippen LogP contribution in [0.1, 0.15) is 0 Å². The molecule has 0 spiro atoms. The lowest BCUT2D eigenvalue weighted by Gasteiger charge is -2.07. The van der Waals surface area contributed by atoms with E-state index in [1.54, 1.807) is 16.7 Å². The Morgan fingerprint density at radius 3 is 2.78 bits per heavy atom. The van der Waals surface area contributed by atoms with E-state index >= 15 is 0 Å². The summed E-state index contributed by atoms with van der Waals surface area (Å²) in [5.74, 6) is 0.278. The van der Waals surface area contributed by atoms with Crippen molar-refractivity contribution in [1.29, 1.82) is 0 Å². The van der Waals surface area contributed by atoms with Crippen LogP contribution in [-0.2, 0) is 0 Å². The fraction of sp³-hybridized carbons (Fsp3) is 0. The number of rotatable bonds is 1. The average molecular weight is 261 g/mol. The lowest BCUT2D eigenvalue weighted by molar-refractivity contribution is 1.08. The number of H-pyrrole nitrogens is 1. The topological polar surface area (TPSA) is 76.7 Å². The van der Waals surface area contributed by atoms with Gasteiger partial charge in [0.1, 0.15) is 11.2 Å². The minimum absolute atomic E-state index is 0.212. The highest BCUT2D eigenvalue weighted by Crippen LogP contribution is 2.25. The molecule has 0 aliphatic rings. The van der Waals surface area contributed by atoms with Gasteiger partial charge < -0.3 is 10.7 Å².